The van der Waals surface area contributed by atoms with Crippen molar-refractivity contribution in [2.45, 2.75) is 25.9 Å². The van der Waals surface area contributed by atoms with Crippen LogP contribution >= 0.6 is 11.6 Å². The van der Waals surface area contributed by atoms with Crippen LogP contribution in [0.1, 0.15) is 29.1 Å². The predicted molar refractivity (Wildman–Crippen MR) is 63.1 cm³/mol. The second kappa shape index (κ2) is 5.61. The number of benzene rings is 1. The number of carbonyl (C=O) groups excluding carboxylic acids is 1. The Morgan fingerprint density at radius 1 is 1.56 bits per heavy atom. The Morgan fingerprint density at radius 2 is 2.25 bits per heavy atom. The minimum atomic E-state index is -0.853. The molecule has 1 rings (SSSR count). The molecule has 0 spiro atoms. The van der Waals surface area contributed by atoms with E-state index >= 15 is 0 Å². The summed E-state index contributed by atoms with van der Waals surface area (Å²) in [5.41, 5.74) is 1.78. The number of alkyl halides is 1. The van der Waals surface area contributed by atoms with Gasteiger partial charge in [0.25, 0.3) is 0 Å². The molecule has 0 heterocycles. The van der Waals surface area contributed by atoms with Crippen molar-refractivity contribution in [1.82, 2.24) is 5.32 Å². The van der Waals surface area contributed by atoms with Gasteiger partial charge in [0.1, 0.15) is 0 Å². The van der Waals surface area contributed by atoms with Gasteiger partial charge in [-0.3, -0.25) is 4.79 Å². The Bertz CT molecular complexity index is 407. The number of nitrogens with zero attached hydrogens (tertiary/aromatic N) is 1. The number of hydrogen-bond donors (Lipinski definition) is 1. The van der Waals surface area contributed by atoms with Crippen molar-refractivity contribution in [2.24, 2.45) is 5.18 Å². The summed E-state index contributed by atoms with van der Waals surface area (Å²) in [4.78, 5) is 21.0. The van der Waals surface area contributed by atoms with Crippen molar-refractivity contribution >= 4 is 17.5 Å². The lowest BCUT2D eigenvalue weighted by atomic mass is 10.0. The summed E-state index contributed by atoms with van der Waals surface area (Å²) in [6.45, 7) is 3.84. The van der Waals surface area contributed by atoms with Crippen LogP contribution in [0.4, 0.5) is 0 Å². The SMILES string of the molecule is CC(=O)NCc1ccc(C(Cl)N=O)cc1C. The first kappa shape index (κ1) is 12.6. The molecule has 0 radical (unpaired) electrons. The zero-order valence-corrected chi connectivity index (χ0v) is 9.91. The van der Waals surface area contributed by atoms with Gasteiger partial charge < -0.3 is 5.32 Å². The van der Waals surface area contributed by atoms with E-state index in [2.05, 4.69) is 10.5 Å². The third-order valence-corrected chi connectivity index (χ3v) is 2.59. The standard InChI is InChI=1S/C11H13ClN2O2/c1-7-5-9(11(12)14-16)3-4-10(7)6-13-8(2)15/h3-5,11H,6H2,1-2H3,(H,13,15). The molecular weight excluding hydrogens is 228 g/mol. The molecule has 1 aromatic carbocycles. The number of nitroso groups, excluding NO2 is 1. The molecule has 0 aliphatic rings. The molecule has 1 unspecified atom stereocenters. The molecular formula is C11H13ClN2O2. The van der Waals surface area contributed by atoms with Gasteiger partial charge in [0, 0.05) is 13.5 Å². The number of hydrogen-bond acceptors (Lipinski definition) is 3. The average Bonchev–Trinajstić information content (AvgIpc) is 2.26. The summed E-state index contributed by atoms with van der Waals surface area (Å²) in [6, 6.07) is 5.38. The highest BCUT2D eigenvalue weighted by atomic mass is 35.5. The Morgan fingerprint density at radius 3 is 2.75 bits per heavy atom. The van der Waals surface area contributed by atoms with Crippen LogP contribution in [0, 0.1) is 11.8 Å². The zero-order valence-electron chi connectivity index (χ0n) is 9.16. The van der Waals surface area contributed by atoms with Crippen LogP contribution in [0.2, 0.25) is 0 Å². The van der Waals surface area contributed by atoms with E-state index in [1.165, 1.54) is 6.92 Å². The third kappa shape index (κ3) is 3.31. The number of amides is 1. The van der Waals surface area contributed by atoms with E-state index in [1.54, 1.807) is 12.1 Å². The molecule has 86 valence electrons. The second-order valence-corrected chi connectivity index (χ2v) is 3.95. The summed E-state index contributed by atoms with van der Waals surface area (Å²) >= 11 is 5.69. The molecule has 0 aromatic heterocycles. The molecule has 0 aliphatic heterocycles. The van der Waals surface area contributed by atoms with E-state index in [0.717, 1.165) is 11.1 Å². The first-order chi connectivity index (χ1) is 7.54. The van der Waals surface area contributed by atoms with Crippen molar-refractivity contribution in [3.05, 3.63) is 39.8 Å². The summed E-state index contributed by atoms with van der Waals surface area (Å²) in [5, 5.41) is 5.46. The van der Waals surface area contributed by atoms with Gasteiger partial charge in [-0.1, -0.05) is 29.8 Å². The Labute approximate surface area is 99.0 Å². The van der Waals surface area contributed by atoms with Gasteiger partial charge in [-0.05, 0) is 28.8 Å². The molecule has 0 fully saturated rings. The Balaban J connectivity index is 2.82. The number of aryl methyl sites for hydroxylation is 1. The fraction of sp³-hybridized carbons (Fsp3) is 0.364. The molecule has 0 aliphatic carbocycles. The minimum Gasteiger partial charge on any atom is -0.352 e. The van der Waals surface area contributed by atoms with Gasteiger partial charge in [0.2, 0.25) is 5.91 Å². The highest BCUT2D eigenvalue weighted by Crippen LogP contribution is 2.23. The lowest BCUT2D eigenvalue weighted by Gasteiger charge is -2.09. The highest BCUT2D eigenvalue weighted by molar-refractivity contribution is 6.20. The average molecular weight is 241 g/mol. The van der Waals surface area contributed by atoms with E-state index in [-0.39, 0.29) is 5.91 Å². The molecule has 1 atom stereocenters. The summed E-state index contributed by atoms with van der Waals surface area (Å²) < 4.78 is 0. The van der Waals surface area contributed by atoms with Crippen LogP contribution in [-0.2, 0) is 11.3 Å². The number of nitrogens with one attached hydrogen (secondary N) is 1. The maximum absolute atomic E-state index is 10.8. The molecule has 1 aromatic rings. The first-order valence-electron chi connectivity index (χ1n) is 4.85. The summed E-state index contributed by atoms with van der Waals surface area (Å²) in [5.74, 6) is -0.0757. The van der Waals surface area contributed by atoms with E-state index in [1.807, 2.05) is 13.0 Å². The number of rotatable bonds is 4. The number of carbonyl (C=O) groups is 1. The van der Waals surface area contributed by atoms with Gasteiger partial charge in [-0.2, -0.15) is 0 Å². The zero-order chi connectivity index (χ0) is 12.1. The van der Waals surface area contributed by atoms with Crippen molar-refractivity contribution in [2.75, 3.05) is 0 Å². The van der Waals surface area contributed by atoms with E-state index in [0.29, 0.717) is 12.1 Å². The summed E-state index contributed by atoms with van der Waals surface area (Å²) in [7, 11) is 0. The predicted octanol–water partition coefficient (Wildman–Crippen LogP) is 2.63. The van der Waals surface area contributed by atoms with Crippen LogP contribution < -0.4 is 5.32 Å². The first-order valence-corrected chi connectivity index (χ1v) is 5.28. The van der Waals surface area contributed by atoms with Crippen LogP contribution in [0.5, 0.6) is 0 Å². The van der Waals surface area contributed by atoms with Gasteiger partial charge >= 0.3 is 0 Å². The Hall–Kier alpha value is -1.42. The molecule has 0 bridgehead atoms. The Kier molecular flexibility index (Phi) is 4.43. The fourth-order valence-corrected chi connectivity index (χ4v) is 1.48. The highest BCUT2D eigenvalue weighted by Gasteiger charge is 2.08. The molecule has 0 saturated carbocycles. The van der Waals surface area contributed by atoms with Gasteiger partial charge in [0.05, 0.1) is 0 Å². The van der Waals surface area contributed by atoms with Crippen molar-refractivity contribution in [1.29, 1.82) is 0 Å². The van der Waals surface area contributed by atoms with Crippen molar-refractivity contribution in [3.63, 3.8) is 0 Å². The molecule has 0 saturated heterocycles. The minimum absolute atomic E-state index is 0.0757. The van der Waals surface area contributed by atoms with Gasteiger partial charge in [-0.25, -0.2) is 0 Å². The normalized spacial score (nSPS) is 11.9. The fourth-order valence-electron chi connectivity index (χ4n) is 1.35. The van der Waals surface area contributed by atoms with Gasteiger partial charge in [-0.15, -0.1) is 4.91 Å². The molecule has 4 nitrogen and oxygen atoms in total. The maximum atomic E-state index is 10.8. The molecule has 16 heavy (non-hydrogen) atoms. The molecule has 5 heteroatoms. The summed E-state index contributed by atoms with van der Waals surface area (Å²) in [6.07, 6.45) is 0. The monoisotopic (exact) mass is 240 g/mol. The maximum Gasteiger partial charge on any atom is 0.217 e. The largest absolute Gasteiger partial charge is 0.352 e. The van der Waals surface area contributed by atoms with Crippen LogP contribution in [-0.4, -0.2) is 5.91 Å². The molecule has 1 N–H and O–H groups in total. The topological polar surface area (TPSA) is 58.5 Å². The van der Waals surface area contributed by atoms with Crippen molar-refractivity contribution < 1.29 is 4.79 Å². The molecule has 1 amide bonds. The van der Waals surface area contributed by atoms with Crippen LogP contribution in [0.3, 0.4) is 0 Å². The third-order valence-electron chi connectivity index (χ3n) is 2.26. The van der Waals surface area contributed by atoms with E-state index in [4.69, 9.17) is 11.6 Å². The van der Waals surface area contributed by atoms with E-state index in [9.17, 15) is 9.70 Å². The lowest BCUT2D eigenvalue weighted by Crippen LogP contribution is -2.19. The van der Waals surface area contributed by atoms with Crippen LogP contribution in [0.15, 0.2) is 23.4 Å². The van der Waals surface area contributed by atoms with Crippen LogP contribution in [0.25, 0.3) is 0 Å². The quantitative estimate of drug-likeness (QED) is 0.500. The smallest absolute Gasteiger partial charge is 0.217 e. The van der Waals surface area contributed by atoms with E-state index < -0.39 is 5.50 Å². The lowest BCUT2D eigenvalue weighted by molar-refractivity contribution is -0.119. The second-order valence-electron chi connectivity index (χ2n) is 3.54. The number of halogens is 1. The van der Waals surface area contributed by atoms with Gasteiger partial charge in [0.15, 0.2) is 5.50 Å². The van der Waals surface area contributed by atoms with Crippen molar-refractivity contribution in [3.8, 4) is 0 Å².